The molecule has 4 rings (SSSR count). The quantitative estimate of drug-likeness (QED) is 0.751. The van der Waals surface area contributed by atoms with Crippen molar-refractivity contribution in [2.24, 2.45) is 0 Å². The normalized spacial score (nSPS) is 16.3. The van der Waals surface area contributed by atoms with Gasteiger partial charge < -0.3 is 9.64 Å². The minimum Gasteiger partial charge on any atom is -0.497 e. The molecule has 1 amide bonds. The molecule has 1 atom stereocenters. The van der Waals surface area contributed by atoms with Gasteiger partial charge in [-0.3, -0.25) is 9.89 Å². The lowest BCUT2D eigenvalue weighted by Crippen LogP contribution is -2.29. The number of thiophene rings is 1. The Labute approximate surface area is 150 Å². The van der Waals surface area contributed by atoms with Gasteiger partial charge in [-0.1, -0.05) is 13.0 Å². The van der Waals surface area contributed by atoms with Gasteiger partial charge in [0.2, 0.25) is 0 Å². The summed E-state index contributed by atoms with van der Waals surface area (Å²) in [5.41, 5.74) is 3.40. The summed E-state index contributed by atoms with van der Waals surface area (Å²) in [6.45, 7) is 2.82. The molecule has 0 saturated heterocycles. The van der Waals surface area contributed by atoms with Crippen molar-refractivity contribution in [1.82, 2.24) is 15.1 Å². The van der Waals surface area contributed by atoms with E-state index in [1.54, 1.807) is 18.4 Å². The molecule has 0 radical (unpaired) electrons. The minimum atomic E-state index is -0.0710. The maximum Gasteiger partial charge on any atom is 0.273 e. The van der Waals surface area contributed by atoms with Gasteiger partial charge in [-0.05, 0) is 42.1 Å². The predicted octanol–water partition coefficient (Wildman–Crippen LogP) is 4.10. The van der Waals surface area contributed by atoms with Crippen LogP contribution in [0, 0.1) is 0 Å². The monoisotopic (exact) mass is 353 g/mol. The number of nitrogens with zero attached hydrogens (tertiary/aromatic N) is 2. The fraction of sp³-hybridized carbons (Fsp3) is 0.263. The van der Waals surface area contributed by atoms with Crippen molar-refractivity contribution < 1.29 is 9.53 Å². The molecule has 0 fully saturated rings. The van der Waals surface area contributed by atoms with Crippen molar-refractivity contribution in [1.29, 1.82) is 0 Å². The molecule has 0 spiro atoms. The largest absolute Gasteiger partial charge is 0.497 e. The number of amides is 1. The molecule has 5 nitrogen and oxygen atoms in total. The first kappa shape index (κ1) is 15.9. The lowest BCUT2D eigenvalue weighted by Gasteiger charge is -2.24. The highest BCUT2D eigenvalue weighted by atomic mass is 32.1. The van der Waals surface area contributed by atoms with E-state index in [0.29, 0.717) is 5.69 Å². The van der Waals surface area contributed by atoms with Crippen molar-refractivity contribution in [3.63, 3.8) is 0 Å². The van der Waals surface area contributed by atoms with Crippen molar-refractivity contribution in [3.05, 3.63) is 57.9 Å². The van der Waals surface area contributed by atoms with Gasteiger partial charge in [-0.2, -0.15) is 5.10 Å². The molecule has 0 aliphatic carbocycles. The highest BCUT2D eigenvalue weighted by Crippen LogP contribution is 2.44. The van der Waals surface area contributed by atoms with E-state index in [9.17, 15) is 4.79 Å². The van der Waals surface area contributed by atoms with Crippen LogP contribution in [0.1, 0.15) is 40.3 Å². The smallest absolute Gasteiger partial charge is 0.273 e. The number of hydrogen-bond donors (Lipinski definition) is 1. The Kier molecular flexibility index (Phi) is 4.05. The van der Waals surface area contributed by atoms with Crippen LogP contribution >= 0.6 is 11.3 Å². The molecule has 0 bridgehead atoms. The Hall–Kier alpha value is -2.60. The van der Waals surface area contributed by atoms with Gasteiger partial charge >= 0.3 is 0 Å². The van der Waals surface area contributed by atoms with Crippen LogP contribution in [0.5, 0.6) is 5.75 Å². The lowest BCUT2D eigenvalue weighted by atomic mass is 10.0. The van der Waals surface area contributed by atoms with E-state index in [0.717, 1.165) is 40.4 Å². The fourth-order valence-electron chi connectivity index (χ4n) is 3.38. The maximum atomic E-state index is 12.9. The zero-order valence-electron chi connectivity index (χ0n) is 14.2. The van der Waals surface area contributed by atoms with E-state index in [4.69, 9.17) is 4.74 Å². The summed E-state index contributed by atoms with van der Waals surface area (Å²) in [7, 11) is 1.65. The lowest BCUT2D eigenvalue weighted by molar-refractivity contribution is 0.0746. The van der Waals surface area contributed by atoms with Crippen molar-refractivity contribution in [3.8, 4) is 17.0 Å². The number of aromatic amines is 1. The number of H-pyrrole nitrogens is 1. The van der Waals surface area contributed by atoms with Gasteiger partial charge in [-0.25, -0.2) is 0 Å². The molecular weight excluding hydrogens is 334 g/mol. The van der Waals surface area contributed by atoms with Gasteiger partial charge in [0.15, 0.2) is 0 Å². The van der Waals surface area contributed by atoms with E-state index in [-0.39, 0.29) is 11.9 Å². The fourth-order valence-corrected chi connectivity index (χ4v) is 4.23. The molecule has 2 aromatic heterocycles. The van der Waals surface area contributed by atoms with E-state index in [1.165, 1.54) is 0 Å². The predicted molar refractivity (Wildman–Crippen MR) is 98.1 cm³/mol. The first-order valence-electron chi connectivity index (χ1n) is 8.31. The number of methoxy groups -OCH3 is 1. The van der Waals surface area contributed by atoms with E-state index in [1.807, 2.05) is 35.2 Å². The number of aromatic nitrogens is 2. The van der Waals surface area contributed by atoms with Gasteiger partial charge in [0.1, 0.15) is 11.4 Å². The molecule has 3 aromatic rings. The second kappa shape index (κ2) is 6.37. The van der Waals surface area contributed by atoms with E-state index >= 15 is 0 Å². The van der Waals surface area contributed by atoms with Gasteiger partial charge in [0, 0.05) is 22.5 Å². The minimum absolute atomic E-state index is 0.0301. The summed E-state index contributed by atoms with van der Waals surface area (Å²) in [5, 5.41) is 9.49. The van der Waals surface area contributed by atoms with Gasteiger partial charge in [-0.15, -0.1) is 11.3 Å². The van der Waals surface area contributed by atoms with E-state index < -0.39 is 0 Å². The molecule has 1 aliphatic heterocycles. The number of fused-ring (bicyclic) bond motifs is 1. The molecule has 1 aliphatic rings. The number of benzene rings is 1. The molecule has 6 heteroatoms. The molecule has 128 valence electrons. The van der Waals surface area contributed by atoms with Crippen LogP contribution < -0.4 is 4.74 Å². The van der Waals surface area contributed by atoms with Gasteiger partial charge in [0.05, 0.1) is 18.8 Å². The molecule has 0 unspecified atom stereocenters. The Balaban J connectivity index is 1.84. The SMILES string of the molecule is CCCN1C(=O)c2[nH]nc(-c3ccc(OC)cc3)c2[C@H]1c1cccs1. The van der Waals surface area contributed by atoms with Crippen LogP contribution in [-0.4, -0.2) is 34.7 Å². The van der Waals surface area contributed by atoms with Crippen LogP contribution in [0.15, 0.2) is 41.8 Å². The third-order valence-electron chi connectivity index (χ3n) is 4.50. The van der Waals surface area contributed by atoms with Crippen molar-refractivity contribution in [2.75, 3.05) is 13.7 Å². The molecule has 25 heavy (non-hydrogen) atoms. The van der Waals surface area contributed by atoms with E-state index in [2.05, 4.69) is 28.6 Å². The summed E-state index contributed by atoms with van der Waals surface area (Å²) in [6.07, 6.45) is 0.920. The Morgan fingerprint density at radius 1 is 1.28 bits per heavy atom. The third-order valence-corrected chi connectivity index (χ3v) is 5.43. The Morgan fingerprint density at radius 2 is 2.08 bits per heavy atom. The number of carbonyl (C=O) groups excluding carboxylic acids is 1. The number of carbonyl (C=O) groups is 1. The molecule has 0 saturated carbocycles. The van der Waals surface area contributed by atoms with Crippen LogP contribution in [0.25, 0.3) is 11.3 Å². The first-order chi connectivity index (χ1) is 12.2. The number of hydrogen-bond acceptors (Lipinski definition) is 4. The maximum absolute atomic E-state index is 12.9. The van der Waals surface area contributed by atoms with Crippen LogP contribution in [0.4, 0.5) is 0 Å². The zero-order valence-corrected chi connectivity index (χ0v) is 15.0. The Morgan fingerprint density at radius 3 is 2.72 bits per heavy atom. The van der Waals surface area contributed by atoms with Crippen LogP contribution in [0.3, 0.4) is 0 Å². The number of nitrogens with one attached hydrogen (secondary N) is 1. The summed E-state index contributed by atoms with van der Waals surface area (Å²) in [6, 6.07) is 11.8. The first-order valence-corrected chi connectivity index (χ1v) is 9.19. The van der Waals surface area contributed by atoms with Crippen LogP contribution in [0.2, 0.25) is 0 Å². The van der Waals surface area contributed by atoms with Crippen molar-refractivity contribution in [2.45, 2.75) is 19.4 Å². The second-order valence-corrected chi connectivity index (χ2v) is 6.99. The highest BCUT2D eigenvalue weighted by Gasteiger charge is 2.42. The zero-order chi connectivity index (χ0) is 17.4. The summed E-state index contributed by atoms with van der Waals surface area (Å²) in [4.78, 5) is 16.0. The molecule has 1 aromatic carbocycles. The molecule has 1 N–H and O–H groups in total. The third kappa shape index (κ3) is 2.53. The number of rotatable bonds is 5. The Bertz CT molecular complexity index is 884. The highest BCUT2D eigenvalue weighted by molar-refractivity contribution is 7.10. The molecular formula is C19H19N3O2S. The average Bonchev–Trinajstić information content (AvgIpc) is 3.35. The average molecular weight is 353 g/mol. The summed E-state index contributed by atoms with van der Waals surface area (Å²) in [5.74, 6) is 0.830. The summed E-state index contributed by atoms with van der Waals surface area (Å²) >= 11 is 1.67. The summed E-state index contributed by atoms with van der Waals surface area (Å²) < 4.78 is 5.24. The second-order valence-electron chi connectivity index (χ2n) is 6.01. The van der Waals surface area contributed by atoms with Gasteiger partial charge in [0.25, 0.3) is 5.91 Å². The number of ether oxygens (including phenoxy) is 1. The molecule has 3 heterocycles. The van der Waals surface area contributed by atoms with Crippen molar-refractivity contribution >= 4 is 17.2 Å². The van der Waals surface area contributed by atoms with Crippen LogP contribution in [-0.2, 0) is 0 Å². The standard InChI is InChI=1S/C19H19N3O2S/c1-3-10-22-18(14-5-4-11-25-14)15-16(20-21-17(15)19(22)23)12-6-8-13(24-2)9-7-12/h4-9,11,18H,3,10H2,1-2H3,(H,20,21)/t18-/m1/s1. The topological polar surface area (TPSA) is 58.2 Å².